The van der Waals surface area contributed by atoms with Crippen LogP contribution in [0.2, 0.25) is 0 Å². The molecule has 0 spiro atoms. The van der Waals surface area contributed by atoms with Gasteiger partial charge < -0.3 is 9.64 Å². The summed E-state index contributed by atoms with van der Waals surface area (Å²) < 4.78 is 28.2. The molecule has 1 atom stereocenters. The van der Waals surface area contributed by atoms with Gasteiger partial charge in [0.15, 0.2) is 0 Å². The van der Waals surface area contributed by atoms with Crippen LogP contribution < -0.4 is 4.74 Å². The van der Waals surface area contributed by atoms with Gasteiger partial charge in [0.25, 0.3) is 0 Å². The Morgan fingerprint density at radius 2 is 2.06 bits per heavy atom. The molecule has 1 amide bonds. The summed E-state index contributed by atoms with van der Waals surface area (Å²) in [6.45, 7) is -1.72. The van der Waals surface area contributed by atoms with E-state index in [-0.39, 0.29) is 16.9 Å². The van der Waals surface area contributed by atoms with Gasteiger partial charge in [-0.25, -0.2) is 0 Å². The summed E-state index contributed by atoms with van der Waals surface area (Å²) in [7, 11) is 0. The van der Waals surface area contributed by atoms with Crippen LogP contribution in [-0.4, -0.2) is 29.2 Å². The second-order valence-corrected chi connectivity index (χ2v) is 4.88. The van der Waals surface area contributed by atoms with Gasteiger partial charge in [-0.3, -0.25) is 4.79 Å². The van der Waals surface area contributed by atoms with Crippen LogP contribution in [0, 0.1) is 0 Å². The molecule has 0 N–H and O–H groups in total. The first-order valence-electron chi connectivity index (χ1n) is 5.54. The molecule has 18 heavy (non-hydrogen) atoms. The summed E-state index contributed by atoms with van der Waals surface area (Å²) in [6, 6.07) is 6.30. The largest absolute Gasteiger partial charge is 0.435 e. The summed E-state index contributed by atoms with van der Waals surface area (Å²) in [5.74, 6) is 0.191. The number of likely N-dealkylation sites (tertiary alicyclic amines) is 1. The number of thiol groups is 1. The second kappa shape index (κ2) is 5.56. The van der Waals surface area contributed by atoms with Crippen molar-refractivity contribution in [3.05, 3.63) is 29.8 Å². The minimum absolute atomic E-state index is 0.0721. The third-order valence-electron chi connectivity index (χ3n) is 2.72. The van der Waals surface area contributed by atoms with Crippen molar-refractivity contribution >= 4 is 18.5 Å². The topological polar surface area (TPSA) is 29.5 Å². The Morgan fingerprint density at radius 1 is 1.39 bits per heavy atom. The molecule has 1 aliphatic rings. The molecule has 0 bridgehead atoms. The van der Waals surface area contributed by atoms with E-state index in [0.29, 0.717) is 19.5 Å². The van der Waals surface area contributed by atoms with Gasteiger partial charge >= 0.3 is 6.61 Å². The first kappa shape index (κ1) is 13.1. The highest BCUT2D eigenvalue weighted by Gasteiger charge is 2.26. The highest BCUT2D eigenvalue weighted by atomic mass is 32.1. The van der Waals surface area contributed by atoms with Gasteiger partial charge in [0.2, 0.25) is 5.91 Å². The lowest BCUT2D eigenvalue weighted by atomic mass is 10.2. The van der Waals surface area contributed by atoms with Gasteiger partial charge in [-0.1, -0.05) is 12.1 Å². The summed E-state index contributed by atoms with van der Waals surface area (Å²) in [5.41, 5.74) is 0.882. The number of nitrogens with zero attached hydrogens (tertiary/aromatic N) is 1. The Bertz CT molecular complexity index is 425. The number of rotatable bonds is 4. The molecule has 1 heterocycles. The van der Waals surface area contributed by atoms with Gasteiger partial charge in [-0.05, 0) is 17.7 Å². The van der Waals surface area contributed by atoms with Crippen LogP contribution in [0.5, 0.6) is 5.75 Å². The fourth-order valence-electron chi connectivity index (χ4n) is 1.90. The van der Waals surface area contributed by atoms with Crippen molar-refractivity contribution in [1.82, 2.24) is 4.90 Å². The van der Waals surface area contributed by atoms with E-state index in [1.54, 1.807) is 17.0 Å². The molecule has 3 nitrogen and oxygen atoms in total. The van der Waals surface area contributed by atoms with E-state index in [1.165, 1.54) is 12.1 Å². The zero-order valence-electron chi connectivity index (χ0n) is 9.55. The SMILES string of the molecule is O=C1CC(S)CN1Cc1ccc(OC(F)F)cc1. The third kappa shape index (κ3) is 3.35. The highest BCUT2D eigenvalue weighted by molar-refractivity contribution is 7.81. The van der Waals surface area contributed by atoms with E-state index < -0.39 is 6.61 Å². The number of benzene rings is 1. The molecule has 0 radical (unpaired) electrons. The molecule has 1 aliphatic heterocycles. The van der Waals surface area contributed by atoms with Crippen LogP contribution >= 0.6 is 12.6 Å². The monoisotopic (exact) mass is 273 g/mol. The Balaban J connectivity index is 1.96. The summed E-state index contributed by atoms with van der Waals surface area (Å²) in [5, 5.41) is 0.0824. The van der Waals surface area contributed by atoms with Crippen LogP contribution in [0.1, 0.15) is 12.0 Å². The number of hydrogen-bond acceptors (Lipinski definition) is 3. The Labute approximate surface area is 109 Å². The molecule has 1 saturated heterocycles. The minimum Gasteiger partial charge on any atom is -0.435 e. The number of carbonyl (C=O) groups excluding carboxylic acids is 1. The van der Waals surface area contributed by atoms with Crippen LogP contribution in [0.4, 0.5) is 8.78 Å². The molecule has 0 aliphatic carbocycles. The molecule has 98 valence electrons. The zero-order chi connectivity index (χ0) is 13.1. The molecule has 0 saturated carbocycles. The fraction of sp³-hybridized carbons (Fsp3) is 0.417. The van der Waals surface area contributed by atoms with Gasteiger partial charge in [0.1, 0.15) is 5.75 Å². The predicted octanol–water partition coefficient (Wildman–Crippen LogP) is 2.32. The van der Waals surface area contributed by atoms with E-state index in [4.69, 9.17) is 0 Å². The maximum absolute atomic E-state index is 12.0. The van der Waals surface area contributed by atoms with Crippen LogP contribution in [0.15, 0.2) is 24.3 Å². The normalized spacial score (nSPS) is 19.7. The van der Waals surface area contributed by atoms with Gasteiger partial charge in [0, 0.05) is 24.8 Å². The maximum atomic E-state index is 12.0. The van der Waals surface area contributed by atoms with Crippen LogP contribution in [-0.2, 0) is 11.3 Å². The molecule has 1 unspecified atom stereocenters. The van der Waals surface area contributed by atoms with Gasteiger partial charge in [-0.2, -0.15) is 21.4 Å². The smallest absolute Gasteiger partial charge is 0.387 e. The number of halogens is 2. The van der Waals surface area contributed by atoms with Crippen molar-refractivity contribution in [2.24, 2.45) is 0 Å². The number of hydrogen-bond donors (Lipinski definition) is 1. The number of ether oxygens (including phenoxy) is 1. The lowest BCUT2D eigenvalue weighted by Gasteiger charge is -2.16. The lowest BCUT2D eigenvalue weighted by molar-refractivity contribution is -0.128. The van der Waals surface area contributed by atoms with Crippen LogP contribution in [0.3, 0.4) is 0 Å². The molecular formula is C12H13F2NO2S. The second-order valence-electron chi connectivity index (χ2n) is 4.15. The van der Waals surface area contributed by atoms with E-state index in [1.807, 2.05) is 0 Å². The van der Waals surface area contributed by atoms with Crippen molar-refractivity contribution in [2.75, 3.05) is 6.54 Å². The van der Waals surface area contributed by atoms with E-state index in [2.05, 4.69) is 17.4 Å². The van der Waals surface area contributed by atoms with Crippen molar-refractivity contribution in [3.63, 3.8) is 0 Å². The Morgan fingerprint density at radius 3 is 2.56 bits per heavy atom. The standard InChI is InChI=1S/C12H13F2NO2S/c13-12(14)17-9-3-1-8(2-4-9)6-15-7-10(18)5-11(15)16/h1-4,10,12,18H,5-7H2. The van der Waals surface area contributed by atoms with Crippen LogP contribution in [0.25, 0.3) is 0 Å². The Hall–Kier alpha value is -1.30. The van der Waals surface area contributed by atoms with E-state index in [0.717, 1.165) is 5.56 Å². The number of carbonyl (C=O) groups is 1. The maximum Gasteiger partial charge on any atom is 0.387 e. The molecular weight excluding hydrogens is 260 g/mol. The zero-order valence-corrected chi connectivity index (χ0v) is 10.4. The minimum atomic E-state index is -2.82. The average Bonchev–Trinajstić information content (AvgIpc) is 2.59. The average molecular weight is 273 g/mol. The fourth-order valence-corrected chi connectivity index (χ4v) is 2.25. The molecule has 1 fully saturated rings. The van der Waals surface area contributed by atoms with E-state index >= 15 is 0 Å². The predicted molar refractivity (Wildman–Crippen MR) is 65.9 cm³/mol. The van der Waals surface area contributed by atoms with Crippen molar-refractivity contribution in [2.45, 2.75) is 24.8 Å². The molecule has 2 rings (SSSR count). The lowest BCUT2D eigenvalue weighted by Crippen LogP contribution is -2.24. The van der Waals surface area contributed by atoms with Crippen molar-refractivity contribution < 1.29 is 18.3 Å². The van der Waals surface area contributed by atoms with Gasteiger partial charge in [0.05, 0.1) is 0 Å². The summed E-state index contributed by atoms with van der Waals surface area (Å²) in [6.07, 6.45) is 0.454. The van der Waals surface area contributed by atoms with Crippen molar-refractivity contribution in [1.29, 1.82) is 0 Å². The first-order valence-corrected chi connectivity index (χ1v) is 6.06. The first-order chi connectivity index (χ1) is 8.54. The van der Waals surface area contributed by atoms with Gasteiger partial charge in [-0.15, -0.1) is 0 Å². The third-order valence-corrected chi connectivity index (χ3v) is 3.06. The molecule has 1 aromatic rings. The number of amides is 1. The Kier molecular flexibility index (Phi) is 4.06. The quantitative estimate of drug-likeness (QED) is 0.853. The highest BCUT2D eigenvalue weighted by Crippen LogP contribution is 2.20. The summed E-state index contributed by atoms with van der Waals surface area (Å²) in [4.78, 5) is 13.3. The molecule has 6 heteroatoms. The summed E-state index contributed by atoms with van der Waals surface area (Å²) >= 11 is 4.27. The molecule has 0 aromatic heterocycles. The van der Waals surface area contributed by atoms with E-state index in [9.17, 15) is 13.6 Å². The number of alkyl halides is 2. The molecule has 1 aromatic carbocycles. The van der Waals surface area contributed by atoms with Crippen molar-refractivity contribution in [3.8, 4) is 5.75 Å².